The van der Waals surface area contributed by atoms with E-state index >= 15 is 0 Å². The van der Waals surface area contributed by atoms with Gasteiger partial charge in [0, 0.05) is 24.2 Å². The highest BCUT2D eigenvalue weighted by molar-refractivity contribution is 6.09. The van der Waals surface area contributed by atoms with E-state index in [-0.39, 0.29) is 29.9 Å². The maximum Gasteiger partial charge on any atom is 0.294 e. The first-order chi connectivity index (χ1) is 16.1. The van der Waals surface area contributed by atoms with E-state index in [1.165, 1.54) is 11.0 Å². The van der Waals surface area contributed by atoms with Crippen LogP contribution in [0.5, 0.6) is 5.75 Å². The average molecular weight is 442 g/mol. The number of hydrogen-bond acceptors (Lipinski definition) is 3. The Bertz CT molecular complexity index is 1230. The molecule has 0 radical (unpaired) electrons. The number of anilines is 1. The van der Waals surface area contributed by atoms with Gasteiger partial charge in [-0.3, -0.25) is 14.5 Å². The maximum atomic E-state index is 14.3. The zero-order valence-corrected chi connectivity index (χ0v) is 18.0. The third-order valence-electron chi connectivity index (χ3n) is 5.97. The molecule has 33 heavy (non-hydrogen) atoms. The van der Waals surface area contributed by atoms with Crippen LogP contribution < -0.4 is 9.64 Å². The van der Waals surface area contributed by atoms with Crippen molar-refractivity contribution >= 4 is 23.6 Å². The van der Waals surface area contributed by atoms with Gasteiger partial charge in [-0.1, -0.05) is 42.5 Å². The fourth-order valence-electron chi connectivity index (χ4n) is 4.19. The first kappa shape index (κ1) is 20.9. The number of carbonyl (C=O) groups is 2. The zero-order chi connectivity index (χ0) is 22.8. The van der Waals surface area contributed by atoms with Crippen LogP contribution in [0.2, 0.25) is 0 Å². The summed E-state index contributed by atoms with van der Waals surface area (Å²) in [6.45, 7) is 1.68. The number of ether oxygens (including phenoxy) is 1. The van der Waals surface area contributed by atoms with Gasteiger partial charge < -0.3 is 9.64 Å². The number of rotatable bonds is 4. The van der Waals surface area contributed by atoms with Crippen LogP contribution in [0.25, 0.3) is 6.08 Å². The predicted octanol–water partition coefficient (Wildman–Crippen LogP) is 5.03. The van der Waals surface area contributed by atoms with Crippen LogP contribution in [0.1, 0.15) is 34.3 Å². The molecule has 0 N–H and O–H groups in total. The number of halogens is 1. The van der Waals surface area contributed by atoms with Crippen LogP contribution in [0.15, 0.2) is 78.6 Å². The standard InChI is InChI=1S/C27H23FN2O3/c28-22-8-2-1-7-21(22)18-30-23-9-3-4-10-24(23)33-25(27(30)32)17-19-11-13-20(14-12-19)26(31)29-15-5-6-16-29/h1-4,7-14,17H,5-6,15-16,18H2. The SMILES string of the molecule is O=C(c1ccc(C=C2Oc3ccccc3N(Cc3ccccc3F)C2=O)cc1)N1CCCC1. The van der Waals surface area contributed by atoms with E-state index in [1.54, 1.807) is 60.7 Å². The van der Waals surface area contributed by atoms with Crippen molar-refractivity contribution in [3.63, 3.8) is 0 Å². The number of para-hydroxylation sites is 2. The third-order valence-corrected chi connectivity index (χ3v) is 5.97. The summed E-state index contributed by atoms with van der Waals surface area (Å²) in [6, 6.07) is 20.8. The van der Waals surface area contributed by atoms with Gasteiger partial charge in [0.05, 0.1) is 12.2 Å². The summed E-state index contributed by atoms with van der Waals surface area (Å²) in [5.41, 5.74) is 2.38. The van der Waals surface area contributed by atoms with Crippen LogP contribution in [0.4, 0.5) is 10.1 Å². The van der Waals surface area contributed by atoms with Gasteiger partial charge in [-0.2, -0.15) is 0 Å². The summed E-state index contributed by atoms with van der Waals surface area (Å²) in [7, 11) is 0. The fourth-order valence-corrected chi connectivity index (χ4v) is 4.19. The molecule has 3 aromatic carbocycles. The van der Waals surface area contributed by atoms with Gasteiger partial charge in [0.15, 0.2) is 11.5 Å². The molecule has 1 saturated heterocycles. The van der Waals surface area contributed by atoms with Crippen LogP contribution >= 0.6 is 0 Å². The molecule has 6 heteroatoms. The van der Waals surface area contributed by atoms with Gasteiger partial charge in [0.1, 0.15) is 5.82 Å². The van der Waals surface area contributed by atoms with Crippen LogP contribution in [0.3, 0.4) is 0 Å². The fraction of sp³-hybridized carbons (Fsp3) is 0.185. The molecule has 0 aromatic heterocycles. The third kappa shape index (κ3) is 4.24. The molecule has 3 aromatic rings. The molecule has 2 aliphatic rings. The van der Waals surface area contributed by atoms with Crippen molar-refractivity contribution in [2.24, 2.45) is 0 Å². The number of fused-ring (bicyclic) bond motifs is 1. The van der Waals surface area contributed by atoms with E-state index in [4.69, 9.17) is 4.74 Å². The molecule has 0 atom stereocenters. The lowest BCUT2D eigenvalue weighted by Gasteiger charge is -2.30. The second-order valence-electron chi connectivity index (χ2n) is 8.18. The normalized spacial score (nSPS) is 16.6. The minimum Gasteiger partial charge on any atom is -0.449 e. The molecule has 0 spiro atoms. The highest BCUT2D eigenvalue weighted by atomic mass is 19.1. The van der Waals surface area contributed by atoms with E-state index in [2.05, 4.69) is 0 Å². The second-order valence-corrected chi connectivity index (χ2v) is 8.18. The van der Waals surface area contributed by atoms with Crippen LogP contribution in [0, 0.1) is 5.82 Å². The molecule has 2 aliphatic heterocycles. The quantitative estimate of drug-likeness (QED) is 0.533. The van der Waals surface area contributed by atoms with Crippen molar-refractivity contribution in [1.29, 1.82) is 0 Å². The molecule has 0 saturated carbocycles. The Hall–Kier alpha value is -3.93. The number of likely N-dealkylation sites (tertiary alicyclic amines) is 1. The summed E-state index contributed by atoms with van der Waals surface area (Å²) in [4.78, 5) is 29.3. The zero-order valence-electron chi connectivity index (χ0n) is 18.0. The lowest BCUT2D eigenvalue weighted by Crippen LogP contribution is -2.37. The molecule has 2 amide bonds. The highest BCUT2D eigenvalue weighted by Gasteiger charge is 2.30. The van der Waals surface area contributed by atoms with Gasteiger partial charge in [-0.25, -0.2) is 4.39 Å². The molecule has 0 bridgehead atoms. The number of nitrogens with zero attached hydrogens (tertiary/aromatic N) is 2. The Morgan fingerprint density at radius 1 is 0.939 bits per heavy atom. The smallest absolute Gasteiger partial charge is 0.294 e. The molecular weight excluding hydrogens is 419 g/mol. The first-order valence-electron chi connectivity index (χ1n) is 11.0. The lowest BCUT2D eigenvalue weighted by molar-refractivity contribution is -0.117. The Balaban J connectivity index is 1.43. The van der Waals surface area contributed by atoms with Crippen LogP contribution in [-0.4, -0.2) is 29.8 Å². The minimum absolute atomic E-state index is 0.0293. The van der Waals surface area contributed by atoms with Gasteiger partial charge >= 0.3 is 0 Å². The van der Waals surface area contributed by atoms with E-state index in [1.807, 2.05) is 17.0 Å². The second kappa shape index (κ2) is 8.90. The van der Waals surface area contributed by atoms with E-state index in [0.717, 1.165) is 31.5 Å². The molecule has 0 unspecified atom stereocenters. The number of amides is 2. The first-order valence-corrected chi connectivity index (χ1v) is 11.0. The van der Waals surface area contributed by atoms with Crippen molar-refractivity contribution < 1.29 is 18.7 Å². The lowest BCUT2D eigenvalue weighted by atomic mass is 10.1. The summed E-state index contributed by atoms with van der Waals surface area (Å²) in [6.07, 6.45) is 3.73. The van der Waals surface area contributed by atoms with E-state index in [9.17, 15) is 14.0 Å². The molecule has 5 nitrogen and oxygen atoms in total. The van der Waals surface area contributed by atoms with Gasteiger partial charge in [-0.05, 0) is 54.8 Å². The molecule has 2 heterocycles. The largest absolute Gasteiger partial charge is 0.449 e. The average Bonchev–Trinajstić information content (AvgIpc) is 3.38. The minimum atomic E-state index is -0.363. The van der Waals surface area contributed by atoms with E-state index < -0.39 is 0 Å². The van der Waals surface area contributed by atoms with Crippen molar-refractivity contribution in [1.82, 2.24) is 4.90 Å². The number of carbonyl (C=O) groups excluding carboxylic acids is 2. The van der Waals surface area contributed by atoms with Gasteiger partial charge in [0.25, 0.3) is 11.8 Å². The summed E-state index contributed by atoms with van der Waals surface area (Å²) < 4.78 is 20.2. The van der Waals surface area contributed by atoms with Gasteiger partial charge in [0.2, 0.25) is 0 Å². The number of hydrogen-bond donors (Lipinski definition) is 0. The Morgan fingerprint density at radius 3 is 2.39 bits per heavy atom. The van der Waals surface area contributed by atoms with Crippen LogP contribution in [-0.2, 0) is 11.3 Å². The molecule has 166 valence electrons. The Labute approximate surface area is 191 Å². The van der Waals surface area contributed by atoms with Crippen molar-refractivity contribution in [3.05, 3.63) is 101 Å². The van der Waals surface area contributed by atoms with Crippen molar-refractivity contribution in [2.45, 2.75) is 19.4 Å². The topological polar surface area (TPSA) is 49.9 Å². The maximum absolute atomic E-state index is 14.3. The predicted molar refractivity (Wildman–Crippen MR) is 124 cm³/mol. The molecular formula is C27H23FN2O3. The number of benzene rings is 3. The summed E-state index contributed by atoms with van der Waals surface area (Å²) in [5.74, 6) is -0.0156. The van der Waals surface area contributed by atoms with E-state index in [0.29, 0.717) is 22.6 Å². The summed E-state index contributed by atoms with van der Waals surface area (Å²) in [5, 5.41) is 0. The molecule has 1 fully saturated rings. The monoisotopic (exact) mass is 442 g/mol. The Kier molecular flexibility index (Phi) is 5.65. The Morgan fingerprint density at radius 2 is 1.64 bits per heavy atom. The molecule has 0 aliphatic carbocycles. The highest BCUT2D eigenvalue weighted by Crippen LogP contribution is 2.36. The van der Waals surface area contributed by atoms with Crippen molar-refractivity contribution in [3.8, 4) is 5.75 Å². The van der Waals surface area contributed by atoms with Crippen molar-refractivity contribution in [2.75, 3.05) is 18.0 Å². The molecule has 5 rings (SSSR count). The van der Waals surface area contributed by atoms with Gasteiger partial charge in [-0.15, -0.1) is 0 Å². The summed E-state index contributed by atoms with van der Waals surface area (Å²) >= 11 is 0.